The second kappa shape index (κ2) is 5.85. The van der Waals surface area contributed by atoms with Crippen molar-refractivity contribution in [2.24, 2.45) is 5.92 Å². The van der Waals surface area contributed by atoms with Crippen molar-refractivity contribution in [3.8, 4) is 0 Å². The summed E-state index contributed by atoms with van der Waals surface area (Å²) in [5.74, 6) is 1.10. The average molecular weight is 234 g/mol. The van der Waals surface area contributed by atoms with Gasteiger partial charge >= 0.3 is 0 Å². The molecule has 4 heteroatoms. The van der Waals surface area contributed by atoms with Gasteiger partial charge in [0.2, 0.25) is 0 Å². The van der Waals surface area contributed by atoms with E-state index in [4.69, 9.17) is 0 Å². The van der Waals surface area contributed by atoms with Crippen LogP contribution in [0.4, 0.5) is 0 Å². The molecule has 0 heterocycles. The third-order valence-corrected chi connectivity index (χ3v) is 4.83. The molecule has 1 saturated carbocycles. The van der Waals surface area contributed by atoms with E-state index >= 15 is 0 Å². The summed E-state index contributed by atoms with van der Waals surface area (Å²) >= 11 is 0. The maximum absolute atomic E-state index is 11.4. The van der Waals surface area contributed by atoms with Crippen LogP contribution in [0.2, 0.25) is 0 Å². The van der Waals surface area contributed by atoms with E-state index in [1.54, 1.807) is 0 Å². The van der Waals surface area contributed by atoms with Gasteiger partial charge in [0.15, 0.2) is 0 Å². The van der Waals surface area contributed by atoms with Gasteiger partial charge in [-0.3, -0.25) is 0 Å². The quantitative estimate of drug-likeness (QED) is 0.651. The summed E-state index contributed by atoms with van der Waals surface area (Å²) in [7, 11) is -2.82. The van der Waals surface area contributed by atoms with Crippen molar-refractivity contribution < 1.29 is 13.5 Å². The van der Waals surface area contributed by atoms with Crippen molar-refractivity contribution in [1.82, 2.24) is 0 Å². The van der Waals surface area contributed by atoms with E-state index in [9.17, 15) is 13.5 Å². The van der Waals surface area contributed by atoms with Gasteiger partial charge in [0.1, 0.15) is 9.84 Å². The number of aliphatic hydroxyl groups is 1. The molecule has 1 aliphatic carbocycles. The van der Waals surface area contributed by atoms with Crippen molar-refractivity contribution in [3.63, 3.8) is 0 Å². The number of rotatable bonds is 8. The predicted octanol–water partition coefficient (Wildman–Crippen LogP) is 1.75. The highest BCUT2D eigenvalue weighted by molar-refractivity contribution is 7.91. The van der Waals surface area contributed by atoms with Crippen LogP contribution in [-0.4, -0.2) is 31.1 Å². The minimum absolute atomic E-state index is 0.182. The molecule has 0 bridgehead atoms. The minimum Gasteiger partial charge on any atom is -0.393 e. The molecule has 1 fully saturated rings. The topological polar surface area (TPSA) is 54.4 Å². The first kappa shape index (κ1) is 13.0. The Morgan fingerprint density at radius 1 is 1.27 bits per heavy atom. The van der Waals surface area contributed by atoms with Gasteiger partial charge in [-0.05, 0) is 44.4 Å². The molecule has 0 aliphatic heterocycles. The third-order valence-electron chi connectivity index (χ3n) is 2.89. The first-order valence-corrected chi connectivity index (χ1v) is 7.76. The fourth-order valence-corrected chi connectivity index (χ4v) is 3.28. The molecule has 1 unspecified atom stereocenters. The van der Waals surface area contributed by atoms with Gasteiger partial charge in [-0.1, -0.05) is 6.92 Å². The highest BCUT2D eigenvalue weighted by Gasteiger charge is 2.28. The van der Waals surface area contributed by atoms with E-state index in [0.29, 0.717) is 24.5 Å². The Morgan fingerprint density at radius 2 is 1.93 bits per heavy atom. The van der Waals surface area contributed by atoms with Gasteiger partial charge in [-0.25, -0.2) is 8.42 Å². The summed E-state index contributed by atoms with van der Waals surface area (Å²) in [5.41, 5.74) is 0. The highest BCUT2D eigenvalue weighted by Crippen LogP contribution is 2.34. The second-order valence-electron chi connectivity index (χ2n) is 4.55. The first-order chi connectivity index (χ1) is 7.05. The summed E-state index contributed by atoms with van der Waals surface area (Å²) in [6.07, 6.45) is 5.12. The number of unbranched alkanes of at least 4 members (excludes halogenated alkanes) is 1. The van der Waals surface area contributed by atoms with Gasteiger partial charge in [0, 0.05) is 5.75 Å². The number of aliphatic hydroxyl groups excluding tert-OH is 1. The Bertz CT molecular complexity index is 268. The van der Waals surface area contributed by atoms with Crippen LogP contribution in [0.5, 0.6) is 0 Å². The van der Waals surface area contributed by atoms with Crippen LogP contribution in [0, 0.1) is 5.92 Å². The van der Waals surface area contributed by atoms with Crippen molar-refractivity contribution in [3.05, 3.63) is 0 Å². The van der Waals surface area contributed by atoms with Crippen LogP contribution < -0.4 is 0 Å². The summed E-state index contributed by atoms with van der Waals surface area (Å²) in [6.45, 7) is 1.88. The van der Waals surface area contributed by atoms with E-state index in [-0.39, 0.29) is 11.9 Å². The van der Waals surface area contributed by atoms with Crippen LogP contribution in [0.15, 0.2) is 0 Å². The maximum Gasteiger partial charge on any atom is 0.150 e. The summed E-state index contributed by atoms with van der Waals surface area (Å²) in [4.78, 5) is 0. The van der Waals surface area contributed by atoms with E-state index < -0.39 is 9.84 Å². The monoisotopic (exact) mass is 234 g/mol. The van der Waals surface area contributed by atoms with Gasteiger partial charge in [-0.2, -0.15) is 0 Å². The Balaban J connectivity index is 2.05. The molecule has 1 N–H and O–H groups in total. The van der Waals surface area contributed by atoms with Crippen molar-refractivity contribution in [1.29, 1.82) is 0 Å². The van der Waals surface area contributed by atoms with E-state index in [0.717, 1.165) is 25.7 Å². The fourth-order valence-electron chi connectivity index (χ4n) is 1.81. The van der Waals surface area contributed by atoms with Crippen molar-refractivity contribution >= 4 is 9.84 Å². The number of hydrogen-bond acceptors (Lipinski definition) is 3. The van der Waals surface area contributed by atoms with Crippen LogP contribution in [0.3, 0.4) is 0 Å². The molecule has 1 rings (SSSR count). The zero-order valence-corrected chi connectivity index (χ0v) is 10.3. The highest BCUT2D eigenvalue weighted by atomic mass is 32.2. The first-order valence-electron chi connectivity index (χ1n) is 5.93. The van der Waals surface area contributed by atoms with E-state index in [1.807, 2.05) is 6.92 Å². The van der Waals surface area contributed by atoms with Crippen LogP contribution in [0.25, 0.3) is 0 Å². The molecule has 1 aliphatic rings. The molecule has 3 nitrogen and oxygen atoms in total. The average Bonchev–Trinajstić information content (AvgIpc) is 2.95. The van der Waals surface area contributed by atoms with E-state index in [1.165, 1.54) is 0 Å². The van der Waals surface area contributed by atoms with Crippen LogP contribution in [0.1, 0.15) is 45.4 Å². The lowest BCUT2D eigenvalue weighted by Gasteiger charge is -2.08. The lowest BCUT2D eigenvalue weighted by atomic mass is 10.1. The summed E-state index contributed by atoms with van der Waals surface area (Å²) in [5, 5.41) is 9.57. The maximum atomic E-state index is 11.4. The van der Waals surface area contributed by atoms with Crippen LogP contribution in [-0.2, 0) is 9.84 Å². The standard InChI is InChI=1S/C11H22O3S/c1-2-8-15(13,14)9-4-3-5-11(12)10-6-7-10/h10-12H,2-9H2,1H3. The number of hydrogen-bond donors (Lipinski definition) is 1. The normalized spacial score (nSPS) is 19.1. The molecule has 1 atom stereocenters. The van der Waals surface area contributed by atoms with Gasteiger partial charge in [-0.15, -0.1) is 0 Å². The molecule has 0 aromatic heterocycles. The fraction of sp³-hybridized carbons (Fsp3) is 1.00. The largest absolute Gasteiger partial charge is 0.393 e. The van der Waals surface area contributed by atoms with Crippen molar-refractivity contribution in [2.45, 2.75) is 51.6 Å². The molecular weight excluding hydrogens is 212 g/mol. The van der Waals surface area contributed by atoms with Gasteiger partial charge < -0.3 is 5.11 Å². The van der Waals surface area contributed by atoms with Crippen LogP contribution >= 0.6 is 0 Å². The Morgan fingerprint density at radius 3 is 2.47 bits per heavy atom. The molecule has 0 saturated heterocycles. The zero-order chi connectivity index (χ0) is 11.3. The molecule has 15 heavy (non-hydrogen) atoms. The third kappa shape index (κ3) is 5.52. The van der Waals surface area contributed by atoms with Gasteiger partial charge in [0.05, 0.1) is 11.9 Å². The van der Waals surface area contributed by atoms with E-state index in [2.05, 4.69) is 0 Å². The molecule has 0 aromatic rings. The lowest BCUT2D eigenvalue weighted by Crippen LogP contribution is -2.12. The molecule has 0 radical (unpaired) electrons. The lowest BCUT2D eigenvalue weighted by molar-refractivity contribution is 0.139. The Labute approximate surface area is 92.8 Å². The predicted molar refractivity (Wildman–Crippen MR) is 61.5 cm³/mol. The summed E-state index contributed by atoms with van der Waals surface area (Å²) in [6, 6.07) is 0. The zero-order valence-electron chi connectivity index (χ0n) is 9.48. The minimum atomic E-state index is -2.82. The van der Waals surface area contributed by atoms with Gasteiger partial charge in [0.25, 0.3) is 0 Å². The summed E-state index contributed by atoms with van der Waals surface area (Å²) < 4.78 is 22.7. The SMILES string of the molecule is CCCS(=O)(=O)CCCCC(O)C1CC1. The second-order valence-corrected chi connectivity index (χ2v) is 6.86. The van der Waals surface area contributed by atoms with Crippen molar-refractivity contribution in [2.75, 3.05) is 11.5 Å². The molecule has 0 spiro atoms. The Kier molecular flexibility index (Phi) is 5.06. The molecular formula is C11H22O3S. The Hall–Kier alpha value is -0.0900. The molecule has 0 aromatic carbocycles. The number of sulfone groups is 1. The molecule has 0 amide bonds. The smallest absolute Gasteiger partial charge is 0.150 e. The molecule has 90 valence electrons.